The van der Waals surface area contributed by atoms with Crippen LogP contribution in [0.15, 0.2) is 36.6 Å². The minimum atomic E-state index is 0.726. The summed E-state index contributed by atoms with van der Waals surface area (Å²) < 4.78 is 5.06. The van der Waals surface area contributed by atoms with Crippen molar-refractivity contribution in [2.75, 3.05) is 13.7 Å². The number of benzene rings is 1. The van der Waals surface area contributed by atoms with Crippen LogP contribution in [0.4, 0.5) is 0 Å². The molecule has 13 heavy (non-hydrogen) atoms. The smallest absolute Gasteiger partial charge is 0.0845 e. The fraction of sp³-hybridized carbons (Fsp3) is 0.273. The molecule has 0 aromatic heterocycles. The van der Waals surface area contributed by atoms with E-state index >= 15 is 0 Å². The third-order valence-electron chi connectivity index (χ3n) is 1.32. The quantitative estimate of drug-likeness (QED) is 0.723. The van der Waals surface area contributed by atoms with Crippen LogP contribution in [0.5, 0.6) is 0 Å². The Kier molecular flexibility index (Phi) is 7.95. The van der Waals surface area contributed by atoms with Gasteiger partial charge in [-0.25, -0.2) is 0 Å². The second-order valence-electron chi connectivity index (χ2n) is 2.17. The molecule has 0 saturated heterocycles. The molecule has 72 valence electrons. The van der Waals surface area contributed by atoms with Crippen LogP contribution in [0, 0.1) is 0 Å². The summed E-state index contributed by atoms with van der Waals surface area (Å²) in [4.78, 5) is 0. The van der Waals surface area contributed by atoms with Crippen LogP contribution in [0.2, 0.25) is 0 Å². The lowest BCUT2D eigenvalue weighted by Gasteiger charge is -1.92. The van der Waals surface area contributed by atoms with Crippen LogP contribution >= 0.6 is 0 Å². The van der Waals surface area contributed by atoms with E-state index in [1.807, 2.05) is 43.3 Å². The molecule has 0 aliphatic heterocycles. The molecule has 0 aliphatic carbocycles. The van der Waals surface area contributed by atoms with Crippen molar-refractivity contribution in [1.82, 2.24) is 0 Å². The highest BCUT2D eigenvalue weighted by atomic mass is 16.5. The van der Waals surface area contributed by atoms with Gasteiger partial charge in [-0.15, -0.1) is 0 Å². The maximum absolute atomic E-state index is 7.00. The molecular weight excluding hydrogens is 164 g/mol. The lowest BCUT2D eigenvalue weighted by Crippen LogP contribution is -1.76. The molecule has 2 nitrogen and oxygen atoms in total. The minimum absolute atomic E-state index is 0.726. The fourth-order valence-electron chi connectivity index (χ4n) is 0.787. The van der Waals surface area contributed by atoms with E-state index in [1.165, 1.54) is 5.56 Å². The summed E-state index contributed by atoms with van der Waals surface area (Å²) in [6, 6.07) is 10.1. The highest BCUT2D eigenvalue weighted by Gasteiger charge is 1.80. The Morgan fingerprint density at radius 1 is 1.23 bits per heavy atom. The van der Waals surface area contributed by atoms with Crippen molar-refractivity contribution >= 4 is 6.08 Å². The topological polar surface area (TPSA) is 29.5 Å². The van der Waals surface area contributed by atoms with E-state index in [1.54, 1.807) is 6.26 Å². The Bertz CT molecular complexity index is 217. The highest BCUT2D eigenvalue weighted by Crippen LogP contribution is 2.00. The summed E-state index contributed by atoms with van der Waals surface area (Å²) in [5.74, 6) is 0. The van der Waals surface area contributed by atoms with Gasteiger partial charge in [0.25, 0.3) is 0 Å². The molecule has 0 bridgehead atoms. The average Bonchev–Trinajstić information content (AvgIpc) is 2.23. The second-order valence-corrected chi connectivity index (χ2v) is 2.17. The van der Waals surface area contributed by atoms with Crippen LogP contribution in [-0.4, -0.2) is 18.8 Å². The number of aliphatic hydroxyl groups is 1. The first kappa shape index (κ1) is 11.7. The molecule has 1 N–H and O–H groups in total. The Hall–Kier alpha value is -1.28. The summed E-state index contributed by atoms with van der Waals surface area (Å²) >= 11 is 0. The molecule has 0 heterocycles. The summed E-state index contributed by atoms with van der Waals surface area (Å²) in [7, 11) is 1.00. The van der Waals surface area contributed by atoms with E-state index in [0.29, 0.717) is 0 Å². The van der Waals surface area contributed by atoms with Gasteiger partial charge < -0.3 is 9.84 Å². The van der Waals surface area contributed by atoms with Crippen LogP contribution < -0.4 is 0 Å². The Morgan fingerprint density at radius 3 is 2.38 bits per heavy atom. The van der Waals surface area contributed by atoms with Gasteiger partial charge in [-0.05, 0) is 18.6 Å². The van der Waals surface area contributed by atoms with Crippen molar-refractivity contribution in [3.05, 3.63) is 42.2 Å². The average molecular weight is 180 g/mol. The predicted molar refractivity (Wildman–Crippen MR) is 55.2 cm³/mol. The number of ether oxygens (including phenoxy) is 1. The lowest BCUT2D eigenvalue weighted by atomic mass is 10.2. The van der Waals surface area contributed by atoms with E-state index < -0.39 is 0 Å². The van der Waals surface area contributed by atoms with E-state index in [0.717, 1.165) is 13.7 Å². The maximum Gasteiger partial charge on any atom is 0.0845 e. The van der Waals surface area contributed by atoms with Crippen molar-refractivity contribution in [3.63, 3.8) is 0 Å². The van der Waals surface area contributed by atoms with Crippen LogP contribution in [0.25, 0.3) is 6.08 Å². The summed E-state index contributed by atoms with van der Waals surface area (Å²) in [5.41, 5.74) is 1.17. The molecule has 0 fully saturated rings. The maximum atomic E-state index is 7.00. The normalized spacial score (nSPS) is 9.15. The number of hydrogen-bond acceptors (Lipinski definition) is 2. The van der Waals surface area contributed by atoms with Gasteiger partial charge in [0.15, 0.2) is 0 Å². The van der Waals surface area contributed by atoms with Gasteiger partial charge in [0.1, 0.15) is 0 Å². The van der Waals surface area contributed by atoms with Gasteiger partial charge in [0.2, 0.25) is 0 Å². The third kappa shape index (κ3) is 5.93. The van der Waals surface area contributed by atoms with Crippen molar-refractivity contribution in [2.24, 2.45) is 0 Å². The van der Waals surface area contributed by atoms with Gasteiger partial charge in [-0.3, -0.25) is 0 Å². The first-order valence-electron chi connectivity index (χ1n) is 4.21. The summed E-state index contributed by atoms with van der Waals surface area (Å²) in [6.45, 7) is 2.69. The Labute approximate surface area is 79.5 Å². The summed E-state index contributed by atoms with van der Waals surface area (Å²) in [5, 5.41) is 7.00. The Morgan fingerprint density at radius 2 is 1.85 bits per heavy atom. The molecule has 0 unspecified atom stereocenters. The number of aliphatic hydroxyl groups excluding tert-OH is 1. The zero-order valence-corrected chi connectivity index (χ0v) is 8.10. The van der Waals surface area contributed by atoms with Crippen LogP contribution in [0.1, 0.15) is 12.5 Å². The minimum Gasteiger partial charge on any atom is -0.501 e. The van der Waals surface area contributed by atoms with Crippen molar-refractivity contribution in [1.29, 1.82) is 0 Å². The van der Waals surface area contributed by atoms with E-state index in [-0.39, 0.29) is 0 Å². The monoisotopic (exact) mass is 180 g/mol. The SMILES string of the molecule is CCOC=Cc1ccccc1.CO. The molecule has 0 saturated carbocycles. The van der Waals surface area contributed by atoms with Crippen LogP contribution in [0.3, 0.4) is 0 Å². The van der Waals surface area contributed by atoms with E-state index in [9.17, 15) is 0 Å². The second kappa shape index (κ2) is 8.81. The molecule has 0 spiro atoms. The van der Waals surface area contributed by atoms with Gasteiger partial charge >= 0.3 is 0 Å². The van der Waals surface area contributed by atoms with Crippen molar-refractivity contribution in [2.45, 2.75) is 6.92 Å². The molecule has 0 amide bonds. The summed E-state index contributed by atoms with van der Waals surface area (Å²) in [6.07, 6.45) is 3.67. The number of hydrogen-bond donors (Lipinski definition) is 1. The molecule has 1 rings (SSSR count). The Balaban J connectivity index is 0.000000671. The van der Waals surface area contributed by atoms with Gasteiger partial charge in [0, 0.05) is 7.11 Å². The number of rotatable bonds is 3. The standard InChI is InChI=1S/C10H12O.CH4O/c1-2-11-9-8-10-6-4-3-5-7-10;1-2/h3-9H,2H2,1H3;2H,1H3. The van der Waals surface area contributed by atoms with E-state index in [2.05, 4.69) is 0 Å². The molecule has 0 aliphatic rings. The molecule has 0 radical (unpaired) electrons. The molecule has 0 atom stereocenters. The van der Waals surface area contributed by atoms with Gasteiger partial charge in [0.05, 0.1) is 12.9 Å². The largest absolute Gasteiger partial charge is 0.501 e. The molecule has 1 aromatic carbocycles. The first-order valence-corrected chi connectivity index (χ1v) is 4.21. The van der Waals surface area contributed by atoms with E-state index in [4.69, 9.17) is 9.84 Å². The van der Waals surface area contributed by atoms with Crippen molar-refractivity contribution < 1.29 is 9.84 Å². The van der Waals surface area contributed by atoms with Gasteiger partial charge in [-0.1, -0.05) is 30.3 Å². The highest BCUT2D eigenvalue weighted by molar-refractivity contribution is 5.47. The zero-order valence-electron chi connectivity index (χ0n) is 8.10. The fourth-order valence-corrected chi connectivity index (χ4v) is 0.787. The molecule has 2 heteroatoms. The predicted octanol–water partition coefficient (Wildman–Crippen LogP) is 2.30. The first-order chi connectivity index (χ1) is 6.43. The van der Waals surface area contributed by atoms with Crippen molar-refractivity contribution in [3.8, 4) is 0 Å². The molecule has 1 aromatic rings. The zero-order chi connectivity index (χ0) is 9.94. The van der Waals surface area contributed by atoms with Crippen LogP contribution in [-0.2, 0) is 4.74 Å². The molecular formula is C11H16O2. The lowest BCUT2D eigenvalue weighted by molar-refractivity contribution is 0.272. The third-order valence-corrected chi connectivity index (χ3v) is 1.32. The van der Waals surface area contributed by atoms with Gasteiger partial charge in [-0.2, -0.15) is 0 Å².